The number of aliphatic hydroxyl groups excluding tert-OH is 1. The summed E-state index contributed by atoms with van der Waals surface area (Å²) in [5, 5.41) is 9.10. The molecule has 72 valence electrons. The lowest BCUT2D eigenvalue weighted by atomic mass is 10.1. The fraction of sp³-hybridized carbons (Fsp3) is 0.250. The van der Waals surface area contributed by atoms with Crippen LogP contribution in [0.15, 0.2) is 16.6 Å². The maximum atomic E-state index is 13.2. The van der Waals surface area contributed by atoms with Gasteiger partial charge in [-0.2, -0.15) is 0 Å². The van der Waals surface area contributed by atoms with Crippen molar-refractivity contribution >= 4 is 27.5 Å². The van der Waals surface area contributed by atoms with Crippen molar-refractivity contribution < 1.29 is 9.50 Å². The molecule has 0 aliphatic rings. The molecule has 0 heterocycles. The highest BCUT2D eigenvalue weighted by Crippen LogP contribution is 2.27. The smallest absolute Gasteiger partial charge is 0.129 e. The molecule has 0 radical (unpaired) electrons. The van der Waals surface area contributed by atoms with E-state index in [1.807, 2.05) is 0 Å². The normalized spacial score (nSPS) is 13.0. The zero-order chi connectivity index (χ0) is 10.0. The van der Waals surface area contributed by atoms with Crippen molar-refractivity contribution in [2.75, 3.05) is 6.61 Å². The molecule has 3 N–H and O–H groups in total. The van der Waals surface area contributed by atoms with Crippen LogP contribution in [0.4, 0.5) is 4.39 Å². The molecule has 0 amide bonds. The number of nitrogens with two attached hydrogens (primary N) is 1. The van der Waals surface area contributed by atoms with Gasteiger partial charge in [-0.1, -0.05) is 11.6 Å². The van der Waals surface area contributed by atoms with E-state index in [0.717, 1.165) is 0 Å². The van der Waals surface area contributed by atoms with E-state index in [9.17, 15) is 4.39 Å². The Labute approximate surface area is 88.6 Å². The first-order valence-electron chi connectivity index (χ1n) is 3.57. The van der Waals surface area contributed by atoms with Crippen LogP contribution in [0.2, 0.25) is 5.02 Å². The summed E-state index contributed by atoms with van der Waals surface area (Å²) in [6, 6.07) is 1.90. The molecule has 1 rings (SSSR count). The van der Waals surface area contributed by atoms with E-state index in [0.29, 0.717) is 9.50 Å². The van der Waals surface area contributed by atoms with Crippen LogP contribution in [0, 0.1) is 5.82 Å². The lowest BCUT2D eigenvalue weighted by Crippen LogP contribution is -2.16. The van der Waals surface area contributed by atoms with Crippen molar-refractivity contribution in [3.05, 3.63) is 33.0 Å². The highest BCUT2D eigenvalue weighted by Gasteiger charge is 2.12. The minimum Gasteiger partial charge on any atom is -0.394 e. The average molecular weight is 269 g/mol. The van der Waals surface area contributed by atoms with Crippen LogP contribution in [-0.2, 0) is 0 Å². The molecule has 13 heavy (non-hydrogen) atoms. The quantitative estimate of drug-likeness (QED) is 0.808. The predicted octanol–water partition coefficient (Wildman–Crippen LogP) is 2.23. The maximum Gasteiger partial charge on any atom is 0.129 e. The van der Waals surface area contributed by atoms with Gasteiger partial charge in [0.1, 0.15) is 5.82 Å². The SMILES string of the molecule is NC(CO)c1cc(Cl)c(Br)cc1F. The molecule has 5 heteroatoms. The lowest BCUT2D eigenvalue weighted by Gasteiger charge is -2.10. The first-order valence-corrected chi connectivity index (χ1v) is 4.74. The van der Waals surface area contributed by atoms with Gasteiger partial charge in [-0.15, -0.1) is 0 Å². The van der Waals surface area contributed by atoms with Crippen LogP contribution in [0.3, 0.4) is 0 Å². The summed E-state index contributed by atoms with van der Waals surface area (Å²) in [4.78, 5) is 0. The molecular weight excluding hydrogens is 260 g/mol. The van der Waals surface area contributed by atoms with Gasteiger partial charge in [-0.05, 0) is 28.1 Å². The average Bonchev–Trinajstić information content (AvgIpc) is 2.10. The highest BCUT2D eigenvalue weighted by atomic mass is 79.9. The van der Waals surface area contributed by atoms with E-state index in [1.54, 1.807) is 0 Å². The van der Waals surface area contributed by atoms with Crippen molar-refractivity contribution in [3.63, 3.8) is 0 Å². The summed E-state index contributed by atoms with van der Waals surface area (Å²) in [6.45, 7) is -0.311. The van der Waals surface area contributed by atoms with Crippen LogP contribution in [0.25, 0.3) is 0 Å². The molecule has 0 saturated carbocycles. The van der Waals surface area contributed by atoms with Crippen LogP contribution in [0.5, 0.6) is 0 Å². The molecule has 1 unspecified atom stereocenters. The topological polar surface area (TPSA) is 46.2 Å². The van der Waals surface area contributed by atoms with Crippen molar-refractivity contribution in [1.29, 1.82) is 0 Å². The Balaban J connectivity index is 3.15. The van der Waals surface area contributed by atoms with Gasteiger partial charge in [0, 0.05) is 10.0 Å². The summed E-state index contributed by atoms with van der Waals surface area (Å²) in [6.07, 6.45) is 0. The molecular formula is C8H8BrClFNO. The molecule has 0 fully saturated rings. The summed E-state index contributed by atoms with van der Waals surface area (Å²) >= 11 is 8.81. The van der Waals surface area contributed by atoms with Gasteiger partial charge in [0.05, 0.1) is 17.7 Å². The molecule has 0 saturated heterocycles. The number of aliphatic hydroxyl groups is 1. The van der Waals surface area contributed by atoms with Crippen molar-refractivity contribution in [2.24, 2.45) is 5.73 Å². The number of benzene rings is 1. The fourth-order valence-electron chi connectivity index (χ4n) is 0.920. The molecule has 0 aliphatic heterocycles. The van der Waals surface area contributed by atoms with Crippen LogP contribution >= 0.6 is 27.5 Å². The molecule has 1 atom stereocenters. The number of halogens is 3. The maximum absolute atomic E-state index is 13.2. The number of hydrogen-bond donors (Lipinski definition) is 2. The van der Waals surface area contributed by atoms with Crippen LogP contribution in [0.1, 0.15) is 11.6 Å². The van der Waals surface area contributed by atoms with Crippen molar-refractivity contribution in [1.82, 2.24) is 0 Å². The third kappa shape index (κ3) is 2.40. The van der Waals surface area contributed by atoms with Crippen molar-refractivity contribution in [3.8, 4) is 0 Å². The second-order valence-corrected chi connectivity index (χ2v) is 3.84. The van der Waals surface area contributed by atoms with Gasteiger partial charge < -0.3 is 10.8 Å². The van der Waals surface area contributed by atoms with Crippen LogP contribution in [-0.4, -0.2) is 11.7 Å². The van der Waals surface area contributed by atoms with E-state index >= 15 is 0 Å². The van der Waals surface area contributed by atoms with Gasteiger partial charge in [0.25, 0.3) is 0 Å². The van der Waals surface area contributed by atoms with E-state index < -0.39 is 11.9 Å². The van der Waals surface area contributed by atoms with Crippen molar-refractivity contribution in [2.45, 2.75) is 6.04 Å². The van der Waals surface area contributed by atoms with Gasteiger partial charge >= 0.3 is 0 Å². The molecule has 1 aromatic rings. The zero-order valence-corrected chi connectivity index (χ0v) is 8.94. The molecule has 0 aromatic heterocycles. The van der Waals surface area contributed by atoms with Crippen LogP contribution < -0.4 is 5.73 Å². The molecule has 0 spiro atoms. The molecule has 0 aliphatic carbocycles. The van der Waals surface area contributed by atoms with E-state index in [1.165, 1.54) is 12.1 Å². The summed E-state index contributed by atoms with van der Waals surface area (Å²) in [5.74, 6) is -0.474. The summed E-state index contributed by atoms with van der Waals surface area (Å²) < 4.78 is 13.7. The second kappa shape index (κ2) is 4.37. The van der Waals surface area contributed by atoms with Gasteiger partial charge in [-0.25, -0.2) is 4.39 Å². The molecule has 0 bridgehead atoms. The van der Waals surface area contributed by atoms with E-state index in [-0.39, 0.29) is 12.2 Å². The first-order chi connectivity index (χ1) is 6.06. The Morgan fingerprint density at radius 2 is 2.23 bits per heavy atom. The monoisotopic (exact) mass is 267 g/mol. The zero-order valence-electron chi connectivity index (χ0n) is 6.60. The standard InChI is InChI=1S/C8H8BrClFNO/c9-5-2-7(11)4(1-6(5)10)8(12)3-13/h1-2,8,13H,3,12H2. The molecule has 1 aromatic carbocycles. The Hall–Kier alpha value is -0.160. The Bertz CT molecular complexity index is 321. The predicted molar refractivity (Wildman–Crippen MR) is 53.1 cm³/mol. The second-order valence-electron chi connectivity index (χ2n) is 2.58. The van der Waals surface area contributed by atoms with Gasteiger partial charge in [0.2, 0.25) is 0 Å². The van der Waals surface area contributed by atoms with Gasteiger partial charge in [-0.3, -0.25) is 0 Å². The number of rotatable bonds is 2. The third-order valence-corrected chi connectivity index (χ3v) is 2.83. The Kier molecular flexibility index (Phi) is 3.67. The lowest BCUT2D eigenvalue weighted by molar-refractivity contribution is 0.265. The highest BCUT2D eigenvalue weighted by molar-refractivity contribution is 9.10. The van der Waals surface area contributed by atoms with Gasteiger partial charge in [0.15, 0.2) is 0 Å². The Morgan fingerprint density at radius 3 is 2.77 bits per heavy atom. The first kappa shape index (κ1) is 10.9. The summed E-state index contributed by atoms with van der Waals surface area (Å²) in [5.41, 5.74) is 5.67. The Morgan fingerprint density at radius 1 is 1.62 bits per heavy atom. The van der Waals surface area contributed by atoms with E-state index in [2.05, 4.69) is 15.9 Å². The minimum atomic E-state index is -0.731. The fourth-order valence-corrected chi connectivity index (χ4v) is 1.41. The minimum absolute atomic E-state index is 0.218. The third-order valence-electron chi connectivity index (χ3n) is 1.64. The number of hydrogen-bond acceptors (Lipinski definition) is 2. The largest absolute Gasteiger partial charge is 0.394 e. The van der Waals surface area contributed by atoms with E-state index in [4.69, 9.17) is 22.4 Å². The summed E-state index contributed by atoms with van der Waals surface area (Å²) in [7, 11) is 0. The molecule has 2 nitrogen and oxygen atoms in total.